The lowest BCUT2D eigenvalue weighted by molar-refractivity contribution is -0.105. The monoisotopic (exact) mass is 152 g/mol. The van der Waals surface area contributed by atoms with Crippen molar-refractivity contribution >= 4 is 6.29 Å². The first-order valence-electron chi connectivity index (χ1n) is 4.02. The van der Waals surface area contributed by atoms with E-state index in [-0.39, 0.29) is 0 Å². The molecular formula is C8H12N2O. The van der Waals surface area contributed by atoms with Crippen molar-refractivity contribution in [2.24, 2.45) is 0 Å². The quantitative estimate of drug-likeness (QED) is 0.511. The largest absolute Gasteiger partial charge is 0.301 e. The van der Waals surface area contributed by atoms with Crippen LogP contribution in [0.15, 0.2) is 11.6 Å². The van der Waals surface area contributed by atoms with E-state index in [0.29, 0.717) is 12.1 Å². The number of carbonyl (C=O) groups is 1. The van der Waals surface area contributed by atoms with E-state index in [1.54, 1.807) is 0 Å². The van der Waals surface area contributed by atoms with Gasteiger partial charge in [-0.05, 0) is 12.8 Å². The van der Waals surface area contributed by atoms with Gasteiger partial charge in [-0.3, -0.25) is 10.1 Å². The summed E-state index contributed by atoms with van der Waals surface area (Å²) in [5.74, 6) is 0. The fourth-order valence-corrected chi connectivity index (χ4v) is 1.76. The van der Waals surface area contributed by atoms with E-state index in [4.69, 9.17) is 0 Å². The molecule has 3 heteroatoms. The van der Waals surface area contributed by atoms with Crippen LogP contribution in [0.1, 0.15) is 12.8 Å². The minimum Gasteiger partial charge on any atom is -0.301 e. The zero-order valence-electron chi connectivity index (χ0n) is 6.34. The Labute approximate surface area is 65.9 Å². The molecule has 2 N–H and O–H groups in total. The standard InChI is InChI=1S/C8H12N2O/c11-4-6-1-2-7-3-8(6)10-5-9-7/h1,4,7-10H,2-3,5H2. The van der Waals surface area contributed by atoms with Crippen LogP contribution in [-0.4, -0.2) is 25.0 Å². The summed E-state index contributed by atoms with van der Waals surface area (Å²) in [6.07, 6.45) is 5.07. The molecule has 2 unspecified atom stereocenters. The van der Waals surface area contributed by atoms with Crippen molar-refractivity contribution < 1.29 is 4.79 Å². The van der Waals surface area contributed by atoms with Crippen molar-refractivity contribution in [3.8, 4) is 0 Å². The highest BCUT2D eigenvalue weighted by molar-refractivity contribution is 5.75. The fourth-order valence-electron chi connectivity index (χ4n) is 1.76. The van der Waals surface area contributed by atoms with Crippen LogP contribution in [-0.2, 0) is 4.79 Å². The molecule has 0 saturated carbocycles. The SMILES string of the molecule is O=CC1=CCC2CC1NCN2. The van der Waals surface area contributed by atoms with Crippen LogP contribution < -0.4 is 10.6 Å². The van der Waals surface area contributed by atoms with Crippen molar-refractivity contribution in [2.45, 2.75) is 24.9 Å². The van der Waals surface area contributed by atoms with Gasteiger partial charge in [-0.15, -0.1) is 0 Å². The third-order valence-corrected chi connectivity index (χ3v) is 2.44. The molecule has 0 spiro atoms. The molecule has 2 rings (SSSR count). The van der Waals surface area contributed by atoms with Crippen LogP contribution in [0.3, 0.4) is 0 Å². The third kappa shape index (κ3) is 1.21. The van der Waals surface area contributed by atoms with E-state index in [9.17, 15) is 4.79 Å². The summed E-state index contributed by atoms with van der Waals surface area (Å²) in [5, 5.41) is 6.56. The maximum Gasteiger partial charge on any atom is 0.147 e. The highest BCUT2D eigenvalue weighted by Crippen LogP contribution is 2.19. The lowest BCUT2D eigenvalue weighted by Gasteiger charge is -2.34. The predicted molar refractivity (Wildman–Crippen MR) is 42.1 cm³/mol. The van der Waals surface area contributed by atoms with Crippen LogP contribution in [0.5, 0.6) is 0 Å². The van der Waals surface area contributed by atoms with Crippen LogP contribution >= 0.6 is 0 Å². The Morgan fingerprint density at radius 1 is 1.55 bits per heavy atom. The predicted octanol–water partition coefficient (Wildman–Crippen LogP) is -0.207. The van der Waals surface area contributed by atoms with E-state index in [1.807, 2.05) is 6.08 Å². The summed E-state index contributed by atoms with van der Waals surface area (Å²) in [6, 6.07) is 0.900. The second-order valence-corrected chi connectivity index (χ2v) is 3.13. The molecule has 0 aromatic carbocycles. The molecule has 11 heavy (non-hydrogen) atoms. The third-order valence-electron chi connectivity index (χ3n) is 2.44. The molecule has 1 aliphatic carbocycles. The maximum absolute atomic E-state index is 10.5. The maximum atomic E-state index is 10.5. The van der Waals surface area contributed by atoms with Crippen molar-refractivity contribution in [2.75, 3.05) is 6.67 Å². The van der Waals surface area contributed by atoms with Gasteiger partial charge in [0.15, 0.2) is 0 Å². The topological polar surface area (TPSA) is 41.1 Å². The lowest BCUT2D eigenvalue weighted by atomic mass is 9.90. The molecule has 1 fully saturated rings. The molecule has 0 radical (unpaired) electrons. The summed E-state index contributed by atoms with van der Waals surface area (Å²) in [7, 11) is 0. The van der Waals surface area contributed by atoms with Gasteiger partial charge < -0.3 is 5.32 Å². The van der Waals surface area contributed by atoms with Crippen LogP contribution in [0.4, 0.5) is 0 Å². The van der Waals surface area contributed by atoms with Crippen molar-refractivity contribution in [1.29, 1.82) is 0 Å². The van der Waals surface area contributed by atoms with E-state index in [1.165, 1.54) is 0 Å². The molecule has 0 aromatic rings. The Hall–Kier alpha value is -0.670. The lowest BCUT2D eigenvalue weighted by Crippen LogP contribution is -2.53. The first kappa shape index (κ1) is 7.00. The number of hydrogen-bond acceptors (Lipinski definition) is 3. The van der Waals surface area contributed by atoms with Crippen LogP contribution in [0, 0.1) is 0 Å². The van der Waals surface area contributed by atoms with Gasteiger partial charge in [0, 0.05) is 24.3 Å². The molecule has 2 aliphatic rings. The molecule has 1 saturated heterocycles. The van der Waals surface area contributed by atoms with Gasteiger partial charge in [-0.25, -0.2) is 0 Å². The fraction of sp³-hybridized carbons (Fsp3) is 0.625. The zero-order chi connectivity index (χ0) is 7.68. The average molecular weight is 152 g/mol. The van der Waals surface area contributed by atoms with Gasteiger partial charge in [0.2, 0.25) is 0 Å². The van der Waals surface area contributed by atoms with E-state index in [2.05, 4.69) is 10.6 Å². The minimum absolute atomic E-state index is 0.312. The molecule has 0 aromatic heterocycles. The number of fused-ring (bicyclic) bond motifs is 2. The van der Waals surface area contributed by atoms with E-state index in [0.717, 1.165) is 31.4 Å². The Morgan fingerprint density at radius 2 is 2.45 bits per heavy atom. The molecule has 1 heterocycles. The zero-order valence-corrected chi connectivity index (χ0v) is 6.34. The normalized spacial score (nSPS) is 36.2. The van der Waals surface area contributed by atoms with Gasteiger partial charge in [0.1, 0.15) is 6.29 Å². The van der Waals surface area contributed by atoms with Crippen molar-refractivity contribution in [3.63, 3.8) is 0 Å². The summed E-state index contributed by atoms with van der Waals surface area (Å²) in [5.41, 5.74) is 0.933. The second-order valence-electron chi connectivity index (χ2n) is 3.13. The highest BCUT2D eigenvalue weighted by atomic mass is 16.1. The Balaban J connectivity index is 2.17. The van der Waals surface area contributed by atoms with Gasteiger partial charge in [-0.2, -0.15) is 0 Å². The number of carbonyl (C=O) groups excluding carboxylic acids is 1. The Kier molecular flexibility index (Phi) is 1.75. The van der Waals surface area contributed by atoms with E-state index < -0.39 is 0 Å². The molecule has 1 aliphatic heterocycles. The molecule has 2 atom stereocenters. The number of rotatable bonds is 1. The van der Waals surface area contributed by atoms with Crippen LogP contribution in [0.2, 0.25) is 0 Å². The van der Waals surface area contributed by atoms with Crippen molar-refractivity contribution in [1.82, 2.24) is 10.6 Å². The summed E-state index contributed by atoms with van der Waals surface area (Å²) in [6.45, 7) is 0.834. The molecule has 3 nitrogen and oxygen atoms in total. The average Bonchev–Trinajstić information content (AvgIpc) is 2.06. The number of aldehydes is 1. The van der Waals surface area contributed by atoms with Gasteiger partial charge in [0.05, 0.1) is 0 Å². The van der Waals surface area contributed by atoms with Gasteiger partial charge in [-0.1, -0.05) is 6.08 Å². The van der Waals surface area contributed by atoms with Crippen LogP contribution in [0.25, 0.3) is 0 Å². The molecule has 60 valence electrons. The second kappa shape index (κ2) is 2.75. The smallest absolute Gasteiger partial charge is 0.147 e. The highest BCUT2D eigenvalue weighted by Gasteiger charge is 2.26. The minimum atomic E-state index is 0.312. The van der Waals surface area contributed by atoms with E-state index >= 15 is 0 Å². The first-order chi connectivity index (χ1) is 5.40. The Morgan fingerprint density at radius 3 is 3.27 bits per heavy atom. The number of hydrogen-bond donors (Lipinski definition) is 2. The molecule has 2 bridgehead atoms. The van der Waals surface area contributed by atoms with Gasteiger partial charge in [0.25, 0.3) is 0 Å². The number of nitrogens with one attached hydrogen (secondary N) is 2. The first-order valence-corrected chi connectivity index (χ1v) is 4.02. The summed E-state index contributed by atoms with van der Waals surface area (Å²) >= 11 is 0. The summed E-state index contributed by atoms with van der Waals surface area (Å²) in [4.78, 5) is 10.5. The summed E-state index contributed by atoms with van der Waals surface area (Å²) < 4.78 is 0. The Bertz CT molecular complexity index is 200. The molecular weight excluding hydrogens is 140 g/mol. The molecule has 0 amide bonds. The van der Waals surface area contributed by atoms with Crippen molar-refractivity contribution in [3.05, 3.63) is 11.6 Å². The van der Waals surface area contributed by atoms with Gasteiger partial charge >= 0.3 is 0 Å².